The van der Waals surface area contributed by atoms with Crippen LogP contribution in [-0.4, -0.2) is 31.2 Å². The molecule has 0 aliphatic heterocycles. The lowest BCUT2D eigenvalue weighted by atomic mass is 10.1. The summed E-state index contributed by atoms with van der Waals surface area (Å²) in [5.41, 5.74) is 0.947. The van der Waals surface area contributed by atoms with Gasteiger partial charge in [0.05, 0.1) is 12.7 Å². The summed E-state index contributed by atoms with van der Waals surface area (Å²) in [5, 5.41) is 10.1. The van der Waals surface area contributed by atoms with Gasteiger partial charge in [-0.05, 0) is 35.9 Å². The van der Waals surface area contributed by atoms with E-state index in [1.54, 1.807) is 49.6 Å². The normalized spacial score (nSPS) is 10.4. The van der Waals surface area contributed by atoms with Gasteiger partial charge in [0.1, 0.15) is 24.7 Å². The van der Waals surface area contributed by atoms with Crippen molar-refractivity contribution < 1.29 is 24.1 Å². The quantitative estimate of drug-likeness (QED) is 0.383. The van der Waals surface area contributed by atoms with E-state index in [2.05, 4.69) is 13.2 Å². The molecule has 2 rings (SSSR count). The number of rotatable bonds is 10. The van der Waals surface area contributed by atoms with E-state index < -0.39 is 0 Å². The van der Waals surface area contributed by atoms with Crippen LogP contribution in [0.25, 0.3) is 6.08 Å². The largest absolute Gasteiger partial charge is 0.507 e. The number of ether oxygens (including phenoxy) is 3. The number of ketones is 1. The smallest absolute Gasteiger partial charge is 0.189 e. The van der Waals surface area contributed by atoms with E-state index in [1.165, 1.54) is 18.2 Å². The third-order valence-corrected chi connectivity index (χ3v) is 3.57. The molecule has 2 aromatic carbocycles. The van der Waals surface area contributed by atoms with Gasteiger partial charge in [-0.3, -0.25) is 4.79 Å². The summed E-state index contributed by atoms with van der Waals surface area (Å²) >= 11 is 0. The molecule has 0 aromatic heterocycles. The van der Waals surface area contributed by atoms with E-state index >= 15 is 0 Å². The molecule has 0 atom stereocenters. The lowest BCUT2D eigenvalue weighted by Gasteiger charge is -2.09. The van der Waals surface area contributed by atoms with Crippen LogP contribution in [0.4, 0.5) is 0 Å². The first kappa shape index (κ1) is 19.8. The Kier molecular flexibility index (Phi) is 7.26. The lowest BCUT2D eigenvalue weighted by molar-refractivity contribution is 0.104. The van der Waals surface area contributed by atoms with Crippen LogP contribution < -0.4 is 14.2 Å². The number of allylic oxidation sites excluding steroid dienone is 1. The Bertz CT molecular complexity index is 852. The number of methoxy groups -OCH3 is 1. The van der Waals surface area contributed by atoms with Crippen LogP contribution in [0.2, 0.25) is 0 Å². The summed E-state index contributed by atoms with van der Waals surface area (Å²) in [5.74, 6) is 1.14. The minimum Gasteiger partial charge on any atom is -0.507 e. The molecule has 0 saturated carbocycles. The molecule has 0 fully saturated rings. The van der Waals surface area contributed by atoms with Crippen molar-refractivity contribution in [1.29, 1.82) is 0 Å². The Morgan fingerprint density at radius 1 is 1.04 bits per heavy atom. The molecule has 1 N–H and O–H groups in total. The molecule has 5 heteroatoms. The number of hydrogen-bond acceptors (Lipinski definition) is 5. The molecule has 0 saturated heterocycles. The maximum atomic E-state index is 12.4. The van der Waals surface area contributed by atoms with E-state index in [-0.39, 0.29) is 17.1 Å². The Balaban J connectivity index is 2.16. The molecule has 2 aromatic rings. The van der Waals surface area contributed by atoms with Crippen molar-refractivity contribution in [3.63, 3.8) is 0 Å². The van der Waals surface area contributed by atoms with E-state index in [9.17, 15) is 9.90 Å². The van der Waals surface area contributed by atoms with Gasteiger partial charge in [-0.1, -0.05) is 37.5 Å². The topological polar surface area (TPSA) is 65.0 Å². The monoisotopic (exact) mass is 366 g/mol. The van der Waals surface area contributed by atoms with Gasteiger partial charge < -0.3 is 19.3 Å². The summed E-state index contributed by atoms with van der Waals surface area (Å²) in [6, 6.07) is 9.87. The third-order valence-electron chi connectivity index (χ3n) is 3.57. The highest BCUT2D eigenvalue weighted by Gasteiger charge is 2.10. The van der Waals surface area contributed by atoms with Gasteiger partial charge in [0, 0.05) is 6.07 Å². The zero-order valence-electron chi connectivity index (χ0n) is 15.2. The van der Waals surface area contributed by atoms with Crippen LogP contribution in [0, 0.1) is 0 Å². The van der Waals surface area contributed by atoms with Gasteiger partial charge in [-0.25, -0.2) is 0 Å². The molecule has 0 aliphatic carbocycles. The zero-order chi connectivity index (χ0) is 19.6. The molecule has 0 radical (unpaired) electrons. The maximum Gasteiger partial charge on any atom is 0.189 e. The highest BCUT2D eigenvalue weighted by molar-refractivity contribution is 6.08. The Morgan fingerprint density at radius 2 is 1.78 bits per heavy atom. The Morgan fingerprint density at radius 3 is 2.44 bits per heavy atom. The zero-order valence-corrected chi connectivity index (χ0v) is 15.2. The molecule has 27 heavy (non-hydrogen) atoms. The number of hydrogen-bond donors (Lipinski definition) is 1. The maximum absolute atomic E-state index is 12.4. The summed E-state index contributed by atoms with van der Waals surface area (Å²) < 4.78 is 16.1. The van der Waals surface area contributed by atoms with Crippen molar-refractivity contribution in [2.24, 2.45) is 0 Å². The molecule has 0 aliphatic rings. The van der Waals surface area contributed by atoms with Crippen LogP contribution >= 0.6 is 0 Å². The van der Waals surface area contributed by atoms with E-state index in [4.69, 9.17) is 14.2 Å². The number of phenolic OH excluding ortho intramolecular Hbond substituents is 1. The fourth-order valence-electron chi connectivity index (χ4n) is 2.28. The summed E-state index contributed by atoms with van der Waals surface area (Å²) in [6.45, 7) is 7.84. The lowest BCUT2D eigenvalue weighted by Crippen LogP contribution is -1.98. The molecule has 5 nitrogen and oxygen atoms in total. The second kappa shape index (κ2) is 9.87. The first-order chi connectivity index (χ1) is 13.1. The standard InChI is InChI=1S/C22H22O5/c1-4-12-26-17-8-9-18(20(24)15-17)19(23)10-6-16-7-11-21(25-3)22(14-16)27-13-5-2/h4-11,14-15,24H,1-2,12-13H2,3H3/b10-6+. The van der Waals surface area contributed by atoms with Gasteiger partial charge in [-0.2, -0.15) is 0 Å². The Labute approximate surface area is 158 Å². The summed E-state index contributed by atoms with van der Waals surface area (Å²) in [7, 11) is 1.56. The van der Waals surface area contributed by atoms with Crippen molar-refractivity contribution >= 4 is 11.9 Å². The first-order valence-corrected chi connectivity index (χ1v) is 8.30. The SMILES string of the molecule is C=CCOc1ccc(C(=O)/C=C/c2ccc(OC)c(OCC=C)c2)c(O)c1. The van der Waals surface area contributed by atoms with Crippen LogP contribution in [0.15, 0.2) is 67.8 Å². The van der Waals surface area contributed by atoms with Crippen LogP contribution in [0.1, 0.15) is 15.9 Å². The van der Waals surface area contributed by atoms with E-state index in [0.717, 1.165) is 5.56 Å². The van der Waals surface area contributed by atoms with Crippen molar-refractivity contribution in [3.05, 3.63) is 78.9 Å². The van der Waals surface area contributed by atoms with Gasteiger partial charge in [-0.15, -0.1) is 0 Å². The van der Waals surface area contributed by atoms with Gasteiger partial charge in [0.2, 0.25) is 0 Å². The van der Waals surface area contributed by atoms with Gasteiger partial charge in [0.15, 0.2) is 17.3 Å². The molecule has 0 unspecified atom stereocenters. The minimum absolute atomic E-state index is 0.143. The molecule has 0 amide bonds. The van der Waals surface area contributed by atoms with Crippen LogP contribution in [-0.2, 0) is 0 Å². The van der Waals surface area contributed by atoms with Gasteiger partial charge in [0.25, 0.3) is 0 Å². The summed E-state index contributed by atoms with van der Waals surface area (Å²) in [6.07, 6.45) is 6.26. The van der Waals surface area contributed by atoms with Crippen molar-refractivity contribution in [2.45, 2.75) is 0 Å². The second-order valence-electron chi connectivity index (χ2n) is 5.49. The molecule has 0 spiro atoms. The predicted octanol–water partition coefficient (Wildman–Crippen LogP) is 4.43. The molecule has 0 bridgehead atoms. The molecule has 0 heterocycles. The van der Waals surface area contributed by atoms with E-state index in [1.807, 2.05) is 0 Å². The number of phenols is 1. The molecular weight excluding hydrogens is 344 g/mol. The Hall–Kier alpha value is -3.47. The third kappa shape index (κ3) is 5.51. The minimum atomic E-state index is -0.327. The second-order valence-corrected chi connectivity index (χ2v) is 5.49. The van der Waals surface area contributed by atoms with Crippen molar-refractivity contribution in [3.8, 4) is 23.0 Å². The highest BCUT2D eigenvalue weighted by atomic mass is 16.5. The van der Waals surface area contributed by atoms with Crippen LogP contribution in [0.5, 0.6) is 23.0 Å². The molecule has 140 valence electrons. The first-order valence-electron chi connectivity index (χ1n) is 8.30. The predicted molar refractivity (Wildman–Crippen MR) is 106 cm³/mol. The summed E-state index contributed by atoms with van der Waals surface area (Å²) in [4.78, 5) is 12.4. The van der Waals surface area contributed by atoms with Crippen molar-refractivity contribution in [2.75, 3.05) is 20.3 Å². The highest BCUT2D eigenvalue weighted by Crippen LogP contribution is 2.29. The van der Waals surface area contributed by atoms with Gasteiger partial charge >= 0.3 is 0 Å². The fourth-order valence-corrected chi connectivity index (χ4v) is 2.28. The fraction of sp³-hybridized carbons (Fsp3) is 0.136. The van der Waals surface area contributed by atoms with Crippen molar-refractivity contribution in [1.82, 2.24) is 0 Å². The average molecular weight is 366 g/mol. The number of aromatic hydroxyl groups is 1. The van der Waals surface area contributed by atoms with Crippen LogP contribution in [0.3, 0.4) is 0 Å². The average Bonchev–Trinajstić information content (AvgIpc) is 2.68. The number of carbonyl (C=O) groups is 1. The van der Waals surface area contributed by atoms with E-state index in [0.29, 0.717) is 30.5 Å². The molecular formula is C22H22O5. The number of carbonyl (C=O) groups excluding carboxylic acids is 1. The number of benzene rings is 2.